The highest BCUT2D eigenvalue weighted by Gasteiger charge is 2.08. The number of anilines is 1. The topological polar surface area (TPSA) is 64.0 Å². The number of carbonyl (C=O) groups is 1. The van der Waals surface area contributed by atoms with Crippen molar-refractivity contribution in [2.45, 2.75) is 33.2 Å². The van der Waals surface area contributed by atoms with E-state index in [0.717, 1.165) is 11.3 Å². The molecule has 0 radical (unpaired) electrons. The molecule has 21 heavy (non-hydrogen) atoms. The molecule has 0 spiro atoms. The number of carbonyl (C=O) groups excluding carboxylic acids is 1. The first-order chi connectivity index (χ1) is 9.97. The predicted molar refractivity (Wildman–Crippen MR) is 82.4 cm³/mol. The van der Waals surface area contributed by atoms with Crippen LogP contribution in [0.2, 0.25) is 0 Å². The van der Waals surface area contributed by atoms with Crippen molar-refractivity contribution in [2.24, 2.45) is 0 Å². The van der Waals surface area contributed by atoms with Gasteiger partial charge in [-0.1, -0.05) is 26.0 Å². The maximum atomic E-state index is 12.1. The molecule has 1 heterocycles. The average molecular weight is 285 g/mol. The minimum atomic E-state index is -0.277. The van der Waals surface area contributed by atoms with Crippen LogP contribution in [0.5, 0.6) is 0 Å². The Labute approximate surface area is 123 Å². The van der Waals surface area contributed by atoms with Crippen molar-refractivity contribution < 1.29 is 4.79 Å². The van der Waals surface area contributed by atoms with Crippen LogP contribution in [0.25, 0.3) is 0 Å². The van der Waals surface area contributed by atoms with E-state index in [1.54, 1.807) is 13.1 Å². The maximum Gasteiger partial charge on any atom is 0.269 e. The zero-order valence-corrected chi connectivity index (χ0v) is 12.5. The number of rotatable bonds is 4. The lowest BCUT2D eigenvalue weighted by Crippen LogP contribution is -2.29. The van der Waals surface area contributed by atoms with E-state index < -0.39 is 0 Å². The van der Waals surface area contributed by atoms with Gasteiger partial charge in [0.15, 0.2) is 0 Å². The summed E-state index contributed by atoms with van der Waals surface area (Å²) in [6.45, 7) is 5.93. The Morgan fingerprint density at radius 2 is 2.10 bits per heavy atom. The standard InChI is InChI=1S/C16H19N3O2/c1-11(2)13-5-4-6-14(7-13)18-15(20)10-19-12(3)8-17-9-16(19)21/h4-9,11H,10H2,1-3H3,(H,18,20). The van der Waals surface area contributed by atoms with Gasteiger partial charge in [0, 0.05) is 17.6 Å². The van der Waals surface area contributed by atoms with Gasteiger partial charge in [-0.25, -0.2) is 0 Å². The van der Waals surface area contributed by atoms with Crippen LogP contribution >= 0.6 is 0 Å². The molecule has 2 aromatic rings. The number of hydrogen-bond acceptors (Lipinski definition) is 3. The first kappa shape index (κ1) is 15.0. The zero-order chi connectivity index (χ0) is 15.4. The Hall–Kier alpha value is -2.43. The monoisotopic (exact) mass is 285 g/mol. The van der Waals surface area contributed by atoms with Crippen LogP contribution in [-0.2, 0) is 11.3 Å². The number of aryl methyl sites for hydroxylation is 1. The molecule has 0 saturated heterocycles. The number of nitrogens with zero attached hydrogens (tertiary/aromatic N) is 2. The molecule has 0 fully saturated rings. The molecule has 2 rings (SSSR count). The maximum absolute atomic E-state index is 12.1. The van der Waals surface area contributed by atoms with E-state index in [1.807, 2.05) is 24.3 Å². The smallest absolute Gasteiger partial charge is 0.269 e. The molecule has 1 aromatic carbocycles. The molecule has 0 aliphatic rings. The lowest BCUT2D eigenvalue weighted by atomic mass is 10.0. The van der Waals surface area contributed by atoms with Crippen LogP contribution in [-0.4, -0.2) is 15.5 Å². The minimum Gasteiger partial charge on any atom is -0.325 e. The quantitative estimate of drug-likeness (QED) is 0.937. The summed E-state index contributed by atoms with van der Waals surface area (Å²) < 4.78 is 1.40. The third kappa shape index (κ3) is 3.78. The fraction of sp³-hybridized carbons (Fsp3) is 0.312. The van der Waals surface area contributed by atoms with E-state index in [1.165, 1.54) is 10.8 Å². The molecule has 5 heteroatoms. The van der Waals surface area contributed by atoms with E-state index in [0.29, 0.717) is 11.6 Å². The van der Waals surface area contributed by atoms with E-state index >= 15 is 0 Å². The van der Waals surface area contributed by atoms with Gasteiger partial charge in [0.25, 0.3) is 5.56 Å². The van der Waals surface area contributed by atoms with Crippen molar-refractivity contribution in [1.29, 1.82) is 0 Å². The summed E-state index contributed by atoms with van der Waals surface area (Å²) in [6.07, 6.45) is 2.77. The Morgan fingerprint density at radius 1 is 1.33 bits per heavy atom. The van der Waals surface area contributed by atoms with E-state index in [4.69, 9.17) is 0 Å². The van der Waals surface area contributed by atoms with Crippen molar-refractivity contribution in [2.75, 3.05) is 5.32 Å². The molecule has 0 saturated carbocycles. The van der Waals surface area contributed by atoms with Crippen molar-refractivity contribution in [1.82, 2.24) is 9.55 Å². The van der Waals surface area contributed by atoms with Crippen LogP contribution < -0.4 is 10.9 Å². The van der Waals surface area contributed by atoms with Gasteiger partial charge in [-0.05, 0) is 30.5 Å². The highest BCUT2D eigenvalue weighted by atomic mass is 16.2. The first-order valence-electron chi connectivity index (χ1n) is 6.88. The molecule has 0 bridgehead atoms. The van der Waals surface area contributed by atoms with E-state index in [2.05, 4.69) is 24.1 Å². The molecule has 5 nitrogen and oxygen atoms in total. The van der Waals surface area contributed by atoms with Gasteiger partial charge in [-0.2, -0.15) is 0 Å². The summed E-state index contributed by atoms with van der Waals surface area (Å²) in [6, 6.07) is 7.73. The number of benzene rings is 1. The predicted octanol–water partition coefficient (Wildman–Crippen LogP) is 2.31. The fourth-order valence-electron chi connectivity index (χ4n) is 2.04. The molecule has 0 aliphatic heterocycles. The van der Waals surface area contributed by atoms with Gasteiger partial charge in [0.1, 0.15) is 6.54 Å². The second-order valence-corrected chi connectivity index (χ2v) is 5.30. The van der Waals surface area contributed by atoms with E-state index in [-0.39, 0.29) is 18.0 Å². The van der Waals surface area contributed by atoms with Crippen molar-refractivity contribution in [3.63, 3.8) is 0 Å². The Morgan fingerprint density at radius 3 is 2.76 bits per heavy atom. The minimum absolute atomic E-state index is 0.0148. The van der Waals surface area contributed by atoms with Gasteiger partial charge in [-0.3, -0.25) is 14.6 Å². The Bertz CT molecular complexity index is 705. The summed E-state index contributed by atoms with van der Waals surface area (Å²) in [7, 11) is 0. The van der Waals surface area contributed by atoms with Crippen LogP contribution in [0.15, 0.2) is 41.5 Å². The first-order valence-corrected chi connectivity index (χ1v) is 6.88. The highest BCUT2D eigenvalue weighted by Crippen LogP contribution is 2.18. The number of aromatic nitrogens is 2. The van der Waals surface area contributed by atoms with Gasteiger partial charge in [0.05, 0.1) is 6.20 Å². The molecular weight excluding hydrogens is 266 g/mol. The second kappa shape index (κ2) is 6.35. The highest BCUT2D eigenvalue weighted by molar-refractivity contribution is 5.90. The molecule has 1 aromatic heterocycles. The largest absolute Gasteiger partial charge is 0.325 e. The normalized spacial score (nSPS) is 10.7. The number of hydrogen-bond donors (Lipinski definition) is 1. The van der Waals surface area contributed by atoms with Crippen molar-refractivity contribution in [3.05, 3.63) is 58.3 Å². The summed E-state index contributed by atoms with van der Waals surface area (Å²) in [5, 5.41) is 2.82. The van der Waals surface area contributed by atoms with Crippen LogP contribution in [0, 0.1) is 6.92 Å². The molecular formula is C16H19N3O2. The van der Waals surface area contributed by atoms with Crippen molar-refractivity contribution in [3.8, 4) is 0 Å². The number of nitrogens with one attached hydrogen (secondary N) is 1. The third-order valence-electron chi connectivity index (χ3n) is 3.28. The summed E-state index contributed by atoms with van der Waals surface area (Å²) in [5.41, 5.74) is 2.28. The van der Waals surface area contributed by atoms with E-state index in [9.17, 15) is 9.59 Å². The number of amides is 1. The lowest BCUT2D eigenvalue weighted by Gasteiger charge is -2.11. The third-order valence-corrected chi connectivity index (χ3v) is 3.28. The van der Waals surface area contributed by atoms with Crippen molar-refractivity contribution >= 4 is 11.6 Å². The van der Waals surface area contributed by atoms with Crippen LogP contribution in [0.3, 0.4) is 0 Å². The summed E-state index contributed by atoms with van der Waals surface area (Å²) in [5.74, 6) is 0.166. The molecule has 0 aliphatic carbocycles. The fourth-order valence-corrected chi connectivity index (χ4v) is 2.04. The molecule has 0 unspecified atom stereocenters. The summed E-state index contributed by atoms with van der Waals surface area (Å²) >= 11 is 0. The average Bonchev–Trinajstić information content (AvgIpc) is 2.43. The zero-order valence-electron chi connectivity index (χ0n) is 12.5. The second-order valence-electron chi connectivity index (χ2n) is 5.30. The molecule has 1 N–H and O–H groups in total. The van der Waals surface area contributed by atoms with Gasteiger partial charge in [0.2, 0.25) is 5.91 Å². The van der Waals surface area contributed by atoms with Gasteiger partial charge in [-0.15, -0.1) is 0 Å². The van der Waals surface area contributed by atoms with Crippen LogP contribution in [0.4, 0.5) is 5.69 Å². The molecule has 0 atom stereocenters. The Kier molecular flexibility index (Phi) is 4.52. The molecule has 1 amide bonds. The molecule has 110 valence electrons. The lowest BCUT2D eigenvalue weighted by molar-refractivity contribution is -0.116. The summed E-state index contributed by atoms with van der Waals surface area (Å²) in [4.78, 5) is 27.6. The van der Waals surface area contributed by atoms with Gasteiger partial charge >= 0.3 is 0 Å². The Balaban J connectivity index is 2.12. The van der Waals surface area contributed by atoms with Gasteiger partial charge < -0.3 is 9.88 Å². The SMILES string of the molecule is Cc1cncc(=O)n1CC(=O)Nc1cccc(C(C)C)c1. The van der Waals surface area contributed by atoms with Crippen LogP contribution in [0.1, 0.15) is 31.0 Å².